The van der Waals surface area contributed by atoms with Crippen molar-refractivity contribution in [3.8, 4) is 44.5 Å². The van der Waals surface area contributed by atoms with Gasteiger partial charge in [-0.1, -0.05) is 182 Å². The molecule has 2 heterocycles. The van der Waals surface area contributed by atoms with Crippen LogP contribution in [0.15, 0.2) is 193 Å². The predicted molar refractivity (Wildman–Crippen MR) is 208 cm³/mol. The summed E-state index contributed by atoms with van der Waals surface area (Å²) in [7, 11) is -2.94. The van der Waals surface area contributed by atoms with Gasteiger partial charge in [-0.25, -0.2) is 0 Å². The van der Waals surface area contributed by atoms with Crippen molar-refractivity contribution in [3.63, 3.8) is 0 Å². The number of rotatable bonds is 8. The monoisotopic (exact) mass is 652 g/mol. The Labute approximate surface area is 285 Å². The van der Waals surface area contributed by atoms with Crippen molar-refractivity contribution < 1.29 is 0 Å². The van der Waals surface area contributed by atoms with Crippen LogP contribution in [0.2, 0.25) is 0 Å². The molecule has 0 bridgehead atoms. The van der Waals surface area contributed by atoms with Gasteiger partial charge in [0.1, 0.15) is 0 Å². The average Bonchev–Trinajstić information content (AvgIpc) is 3.81. The highest BCUT2D eigenvalue weighted by Gasteiger charge is 2.48. The van der Waals surface area contributed by atoms with Gasteiger partial charge in [-0.2, -0.15) is 22.7 Å². The molecule has 47 heavy (non-hydrogen) atoms. The molecule has 0 N–H and O–H groups in total. The normalized spacial score (nSPS) is 11.4. The first-order valence-corrected chi connectivity index (χ1v) is 19.7. The molecule has 8 aromatic rings. The van der Waals surface area contributed by atoms with E-state index in [9.17, 15) is 0 Å². The van der Waals surface area contributed by atoms with E-state index < -0.39 is 8.07 Å². The summed E-state index contributed by atoms with van der Waals surface area (Å²) in [4.78, 5) is 0. The van der Waals surface area contributed by atoms with Gasteiger partial charge in [0.25, 0.3) is 0 Å². The Balaban J connectivity index is 1.56. The Bertz CT molecular complexity index is 2040. The smallest absolute Gasteiger partial charge is 0.151 e. The SMILES string of the molecule is c1ccc(-c2csc([Si](c3ccccc3)(c3ccccc3)c3scc(-c4ccccc4)c3-c3ccccc3)c2-c2ccccc2)cc1. The van der Waals surface area contributed by atoms with Crippen LogP contribution in [0.1, 0.15) is 0 Å². The van der Waals surface area contributed by atoms with Crippen LogP contribution in [0.25, 0.3) is 44.5 Å². The molecule has 0 nitrogen and oxygen atoms in total. The van der Waals surface area contributed by atoms with E-state index in [1.54, 1.807) is 0 Å². The lowest BCUT2D eigenvalue weighted by molar-refractivity contribution is 1.63. The van der Waals surface area contributed by atoms with Crippen molar-refractivity contribution in [2.75, 3.05) is 0 Å². The van der Waals surface area contributed by atoms with E-state index in [1.807, 2.05) is 22.7 Å². The van der Waals surface area contributed by atoms with Gasteiger partial charge in [-0.15, -0.1) is 0 Å². The summed E-state index contributed by atoms with van der Waals surface area (Å²) in [6.07, 6.45) is 0. The summed E-state index contributed by atoms with van der Waals surface area (Å²) in [6.45, 7) is 0. The highest BCUT2D eigenvalue weighted by molar-refractivity contribution is 7.44. The topological polar surface area (TPSA) is 0 Å². The fourth-order valence-electron chi connectivity index (χ4n) is 6.88. The van der Waals surface area contributed by atoms with E-state index in [-0.39, 0.29) is 0 Å². The lowest BCUT2D eigenvalue weighted by atomic mass is 9.99. The fourth-order valence-corrected chi connectivity index (χ4v) is 16.8. The minimum atomic E-state index is -2.94. The molecule has 0 atom stereocenters. The predicted octanol–water partition coefficient (Wildman–Crippen LogP) is 9.85. The molecule has 2 aromatic heterocycles. The molecule has 0 fully saturated rings. The standard InChI is InChI=1S/C44H32S2Si/c1-7-19-33(20-8-1)39-31-45-43(41(39)35-23-11-3-12-24-35)47(37-27-15-5-16-28-37,38-29-17-6-18-30-38)44-42(36-25-13-4-14-26-36)40(32-46-44)34-21-9-2-10-22-34/h1-32H. The molecular formula is C44H32S2Si. The van der Waals surface area contributed by atoms with Crippen molar-refractivity contribution in [2.45, 2.75) is 0 Å². The molecule has 0 aliphatic rings. The Kier molecular flexibility index (Phi) is 8.10. The first-order valence-electron chi connectivity index (χ1n) is 15.9. The largest absolute Gasteiger partial charge is 0.203 e. The second-order valence-electron chi connectivity index (χ2n) is 11.7. The summed E-state index contributed by atoms with van der Waals surface area (Å²) in [5, 5.41) is 7.61. The summed E-state index contributed by atoms with van der Waals surface area (Å²) < 4.78 is 2.91. The molecule has 8 rings (SSSR count). The molecular weight excluding hydrogens is 621 g/mol. The zero-order chi connectivity index (χ0) is 31.5. The van der Waals surface area contributed by atoms with E-state index in [1.165, 1.54) is 63.9 Å². The van der Waals surface area contributed by atoms with Gasteiger partial charge in [-0.3, -0.25) is 0 Å². The van der Waals surface area contributed by atoms with Crippen molar-refractivity contribution in [1.82, 2.24) is 0 Å². The van der Waals surface area contributed by atoms with Gasteiger partial charge in [0.05, 0.1) is 0 Å². The molecule has 0 radical (unpaired) electrons. The summed E-state index contributed by atoms with van der Waals surface area (Å²) in [6, 6.07) is 66.6. The molecule has 0 aliphatic carbocycles. The Hall–Kier alpha value is -5.06. The second kappa shape index (κ2) is 13.0. The average molecular weight is 653 g/mol. The maximum Gasteiger partial charge on any atom is 0.203 e. The van der Waals surface area contributed by atoms with Crippen molar-refractivity contribution >= 4 is 50.1 Å². The third kappa shape index (κ3) is 5.23. The van der Waals surface area contributed by atoms with Gasteiger partial charge in [0.15, 0.2) is 0 Å². The first-order chi connectivity index (χ1) is 23.4. The minimum Gasteiger partial charge on any atom is -0.151 e. The van der Waals surface area contributed by atoms with Gasteiger partial charge < -0.3 is 0 Å². The molecule has 0 saturated heterocycles. The van der Waals surface area contributed by atoms with Crippen molar-refractivity contribution in [2.24, 2.45) is 0 Å². The zero-order valence-corrected chi connectivity index (χ0v) is 28.4. The molecule has 224 valence electrons. The van der Waals surface area contributed by atoms with Crippen molar-refractivity contribution in [1.29, 1.82) is 0 Å². The molecule has 0 saturated carbocycles. The third-order valence-electron chi connectivity index (χ3n) is 8.97. The van der Waals surface area contributed by atoms with E-state index >= 15 is 0 Å². The molecule has 6 aromatic carbocycles. The van der Waals surface area contributed by atoms with E-state index in [0.717, 1.165) is 0 Å². The summed E-state index contributed by atoms with van der Waals surface area (Å²) in [5.41, 5.74) is 10.3. The Morgan fingerprint density at radius 3 is 0.894 bits per heavy atom. The van der Waals surface area contributed by atoms with Gasteiger partial charge >= 0.3 is 0 Å². The summed E-state index contributed by atoms with van der Waals surface area (Å²) >= 11 is 3.87. The maximum absolute atomic E-state index is 2.94. The molecule has 0 spiro atoms. The molecule has 3 heteroatoms. The van der Waals surface area contributed by atoms with Crippen LogP contribution in [-0.2, 0) is 0 Å². The van der Waals surface area contributed by atoms with Crippen LogP contribution in [0.5, 0.6) is 0 Å². The number of thiophene rings is 2. The second-order valence-corrected chi connectivity index (χ2v) is 17.8. The van der Waals surface area contributed by atoms with Gasteiger partial charge in [0.2, 0.25) is 8.07 Å². The quantitative estimate of drug-likeness (QED) is 0.143. The van der Waals surface area contributed by atoms with Crippen molar-refractivity contribution in [3.05, 3.63) is 193 Å². The van der Waals surface area contributed by atoms with Crippen LogP contribution >= 0.6 is 22.7 Å². The number of hydrogen-bond acceptors (Lipinski definition) is 2. The fraction of sp³-hybridized carbons (Fsp3) is 0. The molecule has 0 aliphatic heterocycles. The van der Waals surface area contributed by atoms with E-state index in [0.29, 0.717) is 0 Å². The van der Waals surface area contributed by atoms with Gasteiger partial charge in [-0.05, 0) is 43.4 Å². The lowest BCUT2D eigenvalue weighted by Gasteiger charge is -2.34. The minimum absolute atomic E-state index is 1.25. The van der Waals surface area contributed by atoms with E-state index in [2.05, 4.69) is 193 Å². The zero-order valence-electron chi connectivity index (χ0n) is 25.8. The van der Waals surface area contributed by atoms with E-state index in [4.69, 9.17) is 0 Å². The highest BCUT2D eigenvalue weighted by Crippen LogP contribution is 2.40. The lowest BCUT2D eigenvalue weighted by Crippen LogP contribution is -2.74. The Morgan fingerprint density at radius 1 is 0.298 bits per heavy atom. The van der Waals surface area contributed by atoms with Crippen LogP contribution in [0.3, 0.4) is 0 Å². The Morgan fingerprint density at radius 2 is 0.574 bits per heavy atom. The first kappa shape index (κ1) is 29.3. The highest BCUT2D eigenvalue weighted by atomic mass is 32.1. The molecule has 0 unspecified atom stereocenters. The van der Waals surface area contributed by atoms with Crippen LogP contribution in [0, 0.1) is 0 Å². The maximum atomic E-state index is 2.41. The van der Waals surface area contributed by atoms with Crippen LogP contribution in [0.4, 0.5) is 0 Å². The number of hydrogen-bond donors (Lipinski definition) is 0. The van der Waals surface area contributed by atoms with Gasteiger partial charge in [0, 0.05) is 31.3 Å². The summed E-state index contributed by atoms with van der Waals surface area (Å²) in [5.74, 6) is 0. The van der Waals surface area contributed by atoms with Crippen LogP contribution in [-0.4, -0.2) is 8.07 Å². The number of benzene rings is 6. The third-order valence-corrected chi connectivity index (χ3v) is 17.4. The molecule has 0 amide bonds. The van der Waals surface area contributed by atoms with Crippen LogP contribution < -0.4 is 19.4 Å².